The lowest BCUT2D eigenvalue weighted by Gasteiger charge is -2.17. The van der Waals surface area contributed by atoms with E-state index in [1.165, 1.54) is 56.9 Å². The lowest BCUT2D eigenvalue weighted by atomic mass is 10.1. The van der Waals surface area contributed by atoms with Crippen LogP contribution in [-0.4, -0.2) is 22.0 Å². The lowest BCUT2D eigenvalue weighted by molar-refractivity contribution is -0.117. The van der Waals surface area contributed by atoms with E-state index in [1.54, 1.807) is 0 Å². The average molecular weight is 466 g/mol. The van der Waals surface area contributed by atoms with Gasteiger partial charge in [0.1, 0.15) is 5.82 Å². The largest absolute Gasteiger partial charge is 0.328 e. The number of halogens is 1. The van der Waals surface area contributed by atoms with Gasteiger partial charge in [-0.2, -0.15) is 0 Å². The first-order valence-corrected chi connectivity index (χ1v) is 13.1. The van der Waals surface area contributed by atoms with E-state index in [1.807, 2.05) is 35.2 Å². The molecule has 1 amide bonds. The Morgan fingerprint density at radius 1 is 0.909 bits per heavy atom. The Labute approximate surface area is 203 Å². The molecule has 0 aliphatic carbocycles. The van der Waals surface area contributed by atoms with Crippen molar-refractivity contribution in [3.63, 3.8) is 0 Å². The maximum Gasteiger partial charge on any atom is 0.227 e. The van der Waals surface area contributed by atoms with E-state index >= 15 is 0 Å². The molecule has 2 heterocycles. The zero-order valence-electron chi connectivity index (χ0n) is 19.8. The number of carbonyl (C=O) groups excluding carboxylic acids is 1. The number of imidazole rings is 1. The molecule has 0 radical (unpaired) electrons. The number of para-hydroxylation sites is 2. The molecule has 1 atom stereocenters. The lowest BCUT2D eigenvalue weighted by Crippen LogP contribution is -2.24. The first-order chi connectivity index (χ1) is 16.2. The number of amides is 1. The molecule has 2 aromatic carbocycles. The van der Waals surface area contributed by atoms with Crippen molar-refractivity contribution in [2.24, 2.45) is 0 Å². The Morgan fingerprint density at radius 2 is 1.58 bits per heavy atom. The standard InChI is InChI=1S/C28H36ClN3O/c1-2-3-4-5-6-7-8-9-12-19-31-26-14-11-10-13-25(26)30-28(31)22-20-27(33)32(21-22)24-17-15-23(29)16-18-24/h10-11,13-18,22H,2-9,12,19-21H2,1H3. The van der Waals surface area contributed by atoms with Crippen LogP contribution < -0.4 is 4.90 Å². The van der Waals surface area contributed by atoms with Gasteiger partial charge in [-0.05, 0) is 42.8 Å². The van der Waals surface area contributed by atoms with Crippen molar-refractivity contribution in [3.05, 3.63) is 59.4 Å². The van der Waals surface area contributed by atoms with Crippen LogP contribution in [0.4, 0.5) is 5.69 Å². The van der Waals surface area contributed by atoms with Gasteiger partial charge in [-0.3, -0.25) is 4.79 Å². The second kappa shape index (κ2) is 11.7. The Morgan fingerprint density at radius 3 is 2.30 bits per heavy atom. The molecule has 5 heteroatoms. The Kier molecular flexibility index (Phi) is 8.44. The number of fused-ring (bicyclic) bond motifs is 1. The summed E-state index contributed by atoms with van der Waals surface area (Å²) >= 11 is 6.04. The fourth-order valence-electron chi connectivity index (χ4n) is 4.97. The summed E-state index contributed by atoms with van der Waals surface area (Å²) in [5, 5.41) is 0.685. The van der Waals surface area contributed by atoms with Gasteiger partial charge in [-0.25, -0.2) is 4.98 Å². The summed E-state index contributed by atoms with van der Waals surface area (Å²) in [4.78, 5) is 19.7. The van der Waals surface area contributed by atoms with Crippen molar-refractivity contribution in [1.29, 1.82) is 0 Å². The minimum Gasteiger partial charge on any atom is -0.328 e. The molecule has 3 aromatic rings. The summed E-state index contributed by atoms with van der Waals surface area (Å²) < 4.78 is 2.37. The molecule has 1 aromatic heterocycles. The van der Waals surface area contributed by atoms with E-state index in [-0.39, 0.29) is 11.8 Å². The highest BCUT2D eigenvalue weighted by Crippen LogP contribution is 2.33. The summed E-state index contributed by atoms with van der Waals surface area (Å²) in [6.45, 7) is 3.91. The predicted octanol–water partition coefficient (Wildman–Crippen LogP) is 7.74. The van der Waals surface area contributed by atoms with Gasteiger partial charge in [-0.15, -0.1) is 0 Å². The van der Waals surface area contributed by atoms with E-state index in [4.69, 9.17) is 16.6 Å². The number of unbranched alkanes of at least 4 members (excludes halogenated alkanes) is 8. The molecule has 0 bridgehead atoms. The van der Waals surface area contributed by atoms with Crippen LogP contribution in [0.15, 0.2) is 48.5 Å². The molecule has 1 aliphatic heterocycles. The van der Waals surface area contributed by atoms with Crippen molar-refractivity contribution in [2.45, 2.75) is 83.6 Å². The Balaban J connectivity index is 1.40. The fourth-order valence-corrected chi connectivity index (χ4v) is 5.10. The molecule has 33 heavy (non-hydrogen) atoms. The number of aryl methyl sites for hydroxylation is 1. The van der Waals surface area contributed by atoms with Gasteiger partial charge in [0.25, 0.3) is 0 Å². The van der Waals surface area contributed by atoms with E-state index in [2.05, 4.69) is 29.7 Å². The molecule has 0 spiro atoms. The SMILES string of the molecule is CCCCCCCCCCCn1c(C2CC(=O)N(c3ccc(Cl)cc3)C2)nc2ccccc21. The van der Waals surface area contributed by atoms with E-state index in [0.29, 0.717) is 18.0 Å². The summed E-state index contributed by atoms with van der Waals surface area (Å²) in [6, 6.07) is 15.9. The van der Waals surface area contributed by atoms with Gasteiger partial charge in [0.15, 0.2) is 0 Å². The number of carbonyl (C=O) groups is 1. The number of nitrogens with zero attached hydrogens (tertiary/aromatic N) is 3. The molecular weight excluding hydrogens is 430 g/mol. The van der Waals surface area contributed by atoms with Crippen LogP contribution in [0.2, 0.25) is 5.02 Å². The predicted molar refractivity (Wildman–Crippen MR) is 138 cm³/mol. The van der Waals surface area contributed by atoms with Gasteiger partial charge >= 0.3 is 0 Å². The topological polar surface area (TPSA) is 38.1 Å². The third-order valence-electron chi connectivity index (χ3n) is 6.80. The summed E-state index contributed by atoms with van der Waals surface area (Å²) in [6.07, 6.45) is 12.4. The molecular formula is C28H36ClN3O. The molecule has 1 aliphatic rings. The quantitative estimate of drug-likeness (QED) is 0.256. The maximum atomic E-state index is 12.9. The maximum absolute atomic E-state index is 12.9. The molecule has 1 unspecified atom stereocenters. The first kappa shape index (κ1) is 23.8. The van der Waals surface area contributed by atoms with E-state index in [9.17, 15) is 4.79 Å². The van der Waals surface area contributed by atoms with E-state index in [0.717, 1.165) is 30.0 Å². The highest BCUT2D eigenvalue weighted by Gasteiger charge is 2.34. The zero-order chi connectivity index (χ0) is 23.0. The van der Waals surface area contributed by atoms with Gasteiger partial charge in [0.2, 0.25) is 5.91 Å². The van der Waals surface area contributed by atoms with Crippen molar-refractivity contribution >= 4 is 34.2 Å². The van der Waals surface area contributed by atoms with Crippen LogP contribution in [0.1, 0.15) is 82.9 Å². The molecule has 1 fully saturated rings. The zero-order valence-corrected chi connectivity index (χ0v) is 20.6. The highest BCUT2D eigenvalue weighted by molar-refractivity contribution is 6.30. The monoisotopic (exact) mass is 465 g/mol. The Bertz CT molecular complexity index is 1040. The average Bonchev–Trinajstić information content (AvgIpc) is 3.39. The van der Waals surface area contributed by atoms with Crippen molar-refractivity contribution in [1.82, 2.24) is 9.55 Å². The molecule has 176 valence electrons. The summed E-state index contributed by atoms with van der Waals surface area (Å²) in [7, 11) is 0. The minimum absolute atomic E-state index is 0.110. The van der Waals surface area contributed by atoms with Crippen LogP contribution >= 0.6 is 11.6 Å². The molecule has 0 N–H and O–H groups in total. The summed E-state index contributed by atoms with van der Waals surface area (Å²) in [5.74, 6) is 1.32. The molecule has 4 nitrogen and oxygen atoms in total. The Hall–Kier alpha value is -2.33. The minimum atomic E-state index is 0.110. The van der Waals surface area contributed by atoms with Crippen molar-refractivity contribution < 1.29 is 4.79 Å². The second-order valence-corrected chi connectivity index (χ2v) is 9.76. The second-order valence-electron chi connectivity index (χ2n) is 9.32. The van der Waals surface area contributed by atoms with Crippen LogP contribution in [0.5, 0.6) is 0 Å². The molecule has 1 saturated heterocycles. The third kappa shape index (κ3) is 5.97. The van der Waals surface area contributed by atoms with Crippen LogP contribution in [0.3, 0.4) is 0 Å². The van der Waals surface area contributed by atoms with Crippen LogP contribution in [0, 0.1) is 0 Å². The smallest absolute Gasteiger partial charge is 0.227 e. The number of hydrogen-bond acceptors (Lipinski definition) is 2. The van der Waals surface area contributed by atoms with Gasteiger partial charge in [0, 0.05) is 36.1 Å². The summed E-state index contributed by atoms with van der Waals surface area (Å²) in [5.41, 5.74) is 3.12. The fraction of sp³-hybridized carbons (Fsp3) is 0.500. The van der Waals surface area contributed by atoms with Crippen LogP contribution in [-0.2, 0) is 11.3 Å². The number of rotatable bonds is 12. The number of aromatic nitrogens is 2. The highest BCUT2D eigenvalue weighted by atomic mass is 35.5. The van der Waals surface area contributed by atoms with Gasteiger partial charge in [-0.1, -0.05) is 82.0 Å². The molecule has 4 rings (SSSR count). The van der Waals surface area contributed by atoms with E-state index < -0.39 is 0 Å². The van der Waals surface area contributed by atoms with Gasteiger partial charge < -0.3 is 9.47 Å². The van der Waals surface area contributed by atoms with Crippen molar-refractivity contribution in [3.8, 4) is 0 Å². The first-order valence-electron chi connectivity index (χ1n) is 12.7. The normalized spacial score (nSPS) is 16.2. The van der Waals surface area contributed by atoms with Gasteiger partial charge in [0.05, 0.1) is 11.0 Å². The number of benzene rings is 2. The number of hydrogen-bond donors (Lipinski definition) is 0. The van der Waals surface area contributed by atoms with Crippen molar-refractivity contribution in [2.75, 3.05) is 11.4 Å². The molecule has 0 saturated carbocycles. The third-order valence-corrected chi connectivity index (χ3v) is 7.05. The number of anilines is 1. The van der Waals surface area contributed by atoms with Crippen LogP contribution in [0.25, 0.3) is 11.0 Å².